The molecule has 0 radical (unpaired) electrons. The fourth-order valence-corrected chi connectivity index (χ4v) is 1.99. The Hall–Kier alpha value is -2.03. The number of Topliss-reactive ketones (excluding diaryl/α,β-unsaturated/α-hetero) is 2. The fraction of sp³-hybridized carbons (Fsp3) is 0.214. The van der Waals surface area contributed by atoms with E-state index in [1.165, 1.54) is 20.0 Å². The van der Waals surface area contributed by atoms with Crippen LogP contribution in [0.15, 0.2) is 24.5 Å². The monoisotopic (exact) mass is 227 g/mol. The van der Waals surface area contributed by atoms with Crippen LogP contribution in [0.4, 0.5) is 0 Å². The summed E-state index contributed by atoms with van der Waals surface area (Å²) in [6, 6.07) is 3.65. The van der Waals surface area contributed by atoms with E-state index in [9.17, 15) is 9.59 Å². The molecule has 1 aromatic heterocycles. The van der Waals surface area contributed by atoms with Gasteiger partial charge < -0.3 is 0 Å². The van der Waals surface area contributed by atoms with Gasteiger partial charge in [0, 0.05) is 34.3 Å². The SMILES string of the molecule is CC(=O)c1ccc(C)c2cncc(C(C)=O)c12. The molecule has 0 aliphatic heterocycles. The van der Waals surface area contributed by atoms with E-state index in [-0.39, 0.29) is 11.6 Å². The van der Waals surface area contributed by atoms with Crippen LogP contribution in [-0.4, -0.2) is 16.6 Å². The van der Waals surface area contributed by atoms with Gasteiger partial charge >= 0.3 is 0 Å². The zero-order valence-electron chi connectivity index (χ0n) is 10.1. The highest BCUT2D eigenvalue weighted by molar-refractivity contribution is 6.15. The van der Waals surface area contributed by atoms with Gasteiger partial charge in [0.2, 0.25) is 0 Å². The van der Waals surface area contributed by atoms with Crippen LogP contribution >= 0.6 is 0 Å². The van der Waals surface area contributed by atoms with E-state index in [4.69, 9.17) is 0 Å². The average Bonchev–Trinajstić information content (AvgIpc) is 2.28. The van der Waals surface area contributed by atoms with Gasteiger partial charge in [0.1, 0.15) is 0 Å². The van der Waals surface area contributed by atoms with E-state index < -0.39 is 0 Å². The standard InChI is InChI=1S/C14H13NO2/c1-8-4-5-11(9(2)16)14-12(8)6-15-7-13(14)10(3)17/h4-7H,1-3H3. The molecule has 2 aromatic rings. The Kier molecular flexibility index (Phi) is 2.76. The summed E-state index contributed by atoms with van der Waals surface area (Å²) >= 11 is 0. The van der Waals surface area contributed by atoms with Crippen LogP contribution in [-0.2, 0) is 0 Å². The maximum Gasteiger partial charge on any atom is 0.161 e. The van der Waals surface area contributed by atoms with Gasteiger partial charge in [-0.3, -0.25) is 14.6 Å². The molecular weight excluding hydrogens is 214 g/mol. The molecule has 17 heavy (non-hydrogen) atoms. The lowest BCUT2D eigenvalue weighted by atomic mass is 9.95. The number of fused-ring (bicyclic) bond motifs is 1. The predicted molar refractivity (Wildman–Crippen MR) is 66.5 cm³/mol. The van der Waals surface area contributed by atoms with Crippen molar-refractivity contribution in [2.75, 3.05) is 0 Å². The molecule has 0 N–H and O–H groups in total. The molecule has 0 spiro atoms. The van der Waals surface area contributed by atoms with Crippen LogP contribution in [0.1, 0.15) is 40.1 Å². The number of pyridine rings is 1. The molecule has 0 fully saturated rings. The molecule has 0 aliphatic carbocycles. The Balaban J connectivity index is 2.99. The topological polar surface area (TPSA) is 47.0 Å². The first-order valence-electron chi connectivity index (χ1n) is 5.41. The second-order valence-corrected chi connectivity index (χ2v) is 4.15. The molecule has 2 rings (SSSR count). The number of carbonyl (C=O) groups excluding carboxylic acids is 2. The Morgan fingerprint density at radius 2 is 1.65 bits per heavy atom. The molecule has 0 aliphatic rings. The highest BCUT2D eigenvalue weighted by Gasteiger charge is 2.14. The van der Waals surface area contributed by atoms with Gasteiger partial charge in [0.25, 0.3) is 0 Å². The maximum atomic E-state index is 11.6. The van der Waals surface area contributed by atoms with Crippen molar-refractivity contribution in [1.82, 2.24) is 4.98 Å². The van der Waals surface area contributed by atoms with Crippen LogP contribution < -0.4 is 0 Å². The summed E-state index contributed by atoms with van der Waals surface area (Å²) in [6.45, 7) is 4.94. The molecule has 0 atom stereocenters. The summed E-state index contributed by atoms with van der Waals surface area (Å²) < 4.78 is 0. The van der Waals surface area contributed by atoms with Crippen molar-refractivity contribution in [1.29, 1.82) is 0 Å². The summed E-state index contributed by atoms with van der Waals surface area (Å²) in [5.74, 6) is -0.111. The van der Waals surface area contributed by atoms with Crippen LogP contribution in [0.5, 0.6) is 0 Å². The molecule has 0 saturated carbocycles. The van der Waals surface area contributed by atoms with E-state index in [0.29, 0.717) is 11.1 Å². The Morgan fingerprint density at radius 1 is 1.00 bits per heavy atom. The number of nitrogens with zero attached hydrogens (tertiary/aromatic N) is 1. The number of aryl methyl sites for hydroxylation is 1. The van der Waals surface area contributed by atoms with Crippen LogP contribution in [0.2, 0.25) is 0 Å². The number of carbonyl (C=O) groups is 2. The highest BCUT2D eigenvalue weighted by atomic mass is 16.1. The van der Waals surface area contributed by atoms with E-state index in [0.717, 1.165) is 16.3 Å². The van der Waals surface area contributed by atoms with Crippen LogP contribution in [0.3, 0.4) is 0 Å². The minimum atomic E-state index is -0.0730. The van der Waals surface area contributed by atoms with Gasteiger partial charge in [-0.15, -0.1) is 0 Å². The molecule has 86 valence electrons. The zero-order valence-corrected chi connectivity index (χ0v) is 10.1. The first-order valence-corrected chi connectivity index (χ1v) is 5.41. The number of rotatable bonds is 2. The van der Waals surface area contributed by atoms with E-state index >= 15 is 0 Å². The third-order valence-electron chi connectivity index (χ3n) is 2.90. The molecule has 3 nitrogen and oxygen atoms in total. The minimum Gasteiger partial charge on any atom is -0.294 e. The Labute approximate surface area is 99.5 Å². The lowest BCUT2D eigenvalue weighted by molar-refractivity contribution is 0.101. The zero-order chi connectivity index (χ0) is 12.6. The number of hydrogen-bond donors (Lipinski definition) is 0. The highest BCUT2D eigenvalue weighted by Crippen LogP contribution is 2.25. The maximum absolute atomic E-state index is 11.6. The summed E-state index contributed by atoms with van der Waals surface area (Å²) in [7, 11) is 0. The third-order valence-corrected chi connectivity index (χ3v) is 2.90. The number of aromatic nitrogens is 1. The van der Waals surface area contributed by atoms with Gasteiger partial charge in [-0.25, -0.2) is 0 Å². The normalized spacial score (nSPS) is 10.5. The number of benzene rings is 1. The van der Waals surface area contributed by atoms with E-state index in [1.807, 2.05) is 13.0 Å². The quantitative estimate of drug-likeness (QED) is 0.741. The summed E-state index contributed by atoms with van der Waals surface area (Å²) in [5.41, 5.74) is 2.11. The van der Waals surface area contributed by atoms with Crippen molar-refractivity contribution in [3.05, 3.63) is 41.2 Å². The van der Waals surface area contributed by atoms with Crippen LogP contribution in [0.25, 0.3) is 10.8 Å². The first-order chi connectivity index (χ1) is 8.02. The molecule has 0 bridgehead atoms. The second kappa shape index (κ2) is 4.09. The van der Waals surface area contributed by atoms with Crippen molar-refractivity contribution in [3.63, 3.8) is 0 Å². The second-order valence-electron chi connectivity index (χ2n) is 4.15. The van der Waals surface area contributed by atoms with Crippen molar-refractivity contribution >= 4 is 22.3 Å². The predicted octanol–water partition coefficient (Wildman–Crippen LogP) is 2.95. The van der Waals surface area contributed by atoms with Crippen molar-refractivity contribution in [2.45, 2.75) is 20.8 Å². The number of hydrogen-bond acceptors (Lipinski definition) is 3. The summed E-state index contributed by atoms with van der Waals surface area (Å²) in [4.78, 5) is 27.3. The van der Waals surface area contributed by atoms with Gasteiger partial charge in [0.05, 0.1) is 0 Å². The van der Waals surface area contributed by atoms with Gasteiger partial charge in [-0.2, -0.15) is 0 Å². The van der Waals surface area contributed by atoms with Crippen LogP contribution in [0, 0.1) is 6.92 Å². The van der Waals surface area contributed by atoms with E-state index in [2.05, 4.69) is 4.98 Å². The van der Waals surface area contributed by atoms with Crippen molar-refractivity contribution in [2.24, 2.45) is 0 Å². The largest absolute Gasteiger partial charge is 0.294 e. The Morgan fingerprint density at radius 3 is 2.24 bits per heavy atom. The lowest BCUT2D eigenvalue weighted by Gasteiger charge is -2.09. The molecule has 0 saturated heterocycles. The molecular formula is C14H13NO2. The minimum absolute atomic E-state index is 0.0382. The molecule has 1 heterocycles. The summed E-state index contributed by atoms with van der Waals surface area (Å²) in [5, 5.41) is 1.59. The van der Waals surface area contributed by atoms with Crippen molar-refractivity contribution in [3.8, 4) is 0 Å². The molecule has 0 unspecified atom stereocenters. The molecule has 1 aromatic carbocycles. The van der Waals surface area contributed by atoms with Gasteiger partial charge in [-0.05, 0) is 26.3 Å². The lowest BCUT2D eigenvalue weighted by Crippen LogP contribution is -2.02. The Bertz CT molecular complexity index is 609. The smallest absolute Gasteiger partial charge is 0.161 e. The van der Waals surface area contributed by atoms with Crippen molar-refractivity contribution < 1.29 is 9.59 Å². The molecule has 0 amide bonds. The van der Waals surface area contributed by atoms with Gasteiger partial charge in [-0.1, -0.05) is 12.1 Å². The average molecular weight is 227 g/mol. The van der Waals surface area contributed by atoms with Gasteiger partial charge in [0.15, 0.2) is 11.6 Å². The first kappa shape index (κ1) is 11.5. The van der Waals surface area contributed by atoms with E-state index in [1.54, 1.807) is 12.3 Å². The summed E-state index contributed by atoms with van der Waals surface area (Å²) in [6.07, 6.45) is 3.22. The fourth-order valence-electron chi connectivity index (χ4n) is 1.99. The number of ketones is 2. The third kappa shape index (κ3) is 1.84. The molecule has 3 heteroatoms.